The standard InChI is InChI=1S/C26H47NO2/c1-2-3-4-5-6-7-8-9-10-11-12-13-14-15-16-17-18-21-25(24-28)29-26-22-19-20-23-27-26/h19-20,22-23,25,28H,2-18,21,24H2,1H3/t25-/m0/s1. The van der Waals surface area contributed by atoms with Crippen molar-refractivity contribution >= 4 is 0 Å². The second-order valence-corrected chi connectivity index (χ2v) is 8.54. The molecule has 0 saturated heterocycles. The summed E-state index contributed by atoms with van der Waals surface area (Å²) >= 11 is 0. The fraction of sp³-hybridized carbons (Fsp3) is 0.808. The molecule has 1 heterocycles. The van der Waals surface area contributed by atoms with Crippen molar-refractivity contribution in [1.82, 2.24) is 4.98 Å². The molecule has 0 fully saturated rings. The van der Waals surface area contributed by atoms with Crippen LogP contribution in [-0.2, 0) is 0 Å². The van der Waals surface area contributed by atoms with Crippen LogP contribution in [0, 0.1) is 0 Å². The number of hydrogen-bond donors (Lipinski definition) is 1. The van der Waals surface area contributed by atoms with Gasteiger partial charge in [-0.05, 0) is 18.9 Å². The first-order valence-electron chi connectivity index (χ1n) is 12.6. The van der Waals surface area contributed by atoms with Gasteiger partial charge in [0.25, 0.3) is 0 Å². The molecule has 0 radical (unpaired) electrons. The van der Waals surface area contributed by atoms with E-state index in [0.29, 0.717) is 5.88 Å². The van der Waals surface area contributed by atoms with E-state index in [1.807, 2.05) is 18.2 Å². The minimum atomic E-state index is -0.124. The highest BCUT2D eigenvalue weighted by atomic mass is 16.5. The summed E-state index contributed by atoms with van der Waals surface area (Å²) in [5.41, 5.74) is 0. The van der Waals surface area contributed by atoms with Gasteiger partial charge in [-0.2, -0.15) is 0 Å². The van der Waals surface area contributed by atoms with Gasteiger partial charge in [-0.25, -0.2) is 4.98 Å². The van der Waals surface area contributed by atoms with Gasteiger partial charge in [0.2, 0.25) is 5.88 Å². The second kappa shape index (κ2) is 20.2. The number of aliphatic hydroxyl groups is 1. The van der Waals surface area contributed by atoms with Gasteiger partial charge in [0.05, 0.1) is 6.61 Å². The quantitative estimate of drug-likeness (QED) is 0.212. The Hall–Kier alpha value is -1.09. The number of hydrogen-bond acceptors (Lipinski definition) is 3. The van der Waals surface area contributed by atoms with E-state index < -0.39 is 0 Å². The lowest BCUT2D eigenvalue weighted by atomic mass is 10.0. The normalized spacial score (nSPS) is 12.2. The van der Waals surface area contributed by atoms with Crippen molar-refractivity contribution in [2.75, 3.05) is 6.61 Å². The van der Waals surface area contributed by atoms with E-state index in [9.17, 15) is 5.11 Å². The maximum Gasteiger partial charge on any atom is 0.213 e. The molecule has 0 amide bonds. The number of ether oxygens (including phenoxy) is 1. The fourth-order valence-corrected chi connectivity index (χ4v) is 3.87. The molecule has 0 aliphatic carbocycles. The van der Waals surface area contributed by atoms with Crippen LogP contribution in [0.5, 0.6) is 5.88 Å². The summed E-state index contributed by atoms with van der Waals surface area (Å²) in [6.45, 7) is 2.35. The Balaban J connectivity index is 1.79. The third-order valence-electron chi connectivity index (χ3n) is 5.76. The molecule has 1 N–H and O–H groups in total. The monoisotopic (exact) mass is 405 g/mol. The fourth-order valence-electron chi connectivity index (χ4n) is 3.87. The van der Waals surface area contributed by atoms with E-state index in [1.165, 1.54) is 103 Å². The minimum Gasteiger partial charge on any atom is -0.472 e. The summed E-state index contributed by atoms with van der Waals surface area (Å²) in [7, 11) is 0. The highest BCUT2D eigenvalue weighted by molar-refractivity contribution is 5.09. The Morgan fingerprint density at radius 3 is 1.62 bits per heavy atom. The van der Waals surface area contributed by atoms with Crippen LogP contribution in [0.4, 0.5) is 0 Å². The van der Waals surface area contributed by atoms with E-state index in [0.717, 1.165) is 12.8 Å². The first-order chi connectivity index (χ1) is 14.4. The Kier molecular flexibility index (Phi) is 18.1. The van der Waals surface area contributed by atoms with E-state index in [-0.39, 0.29) is 12.7 Å². The lowest BCUT2D eigenvalue weighted by Gasteiger charge is -2.15. The summed E-state index contributed by atoms with van der Waals surface area (Å²) in [6, 6.07) is 5.63. The zero-order chi connectivity index (χ0) is 20.8. The molecule has 29 heavy (non-hydrogen) atoms. The van der Waals surface area contributed by atoms with Crippen molar-refractivity contribution in [3.05, 3.63) is 24.4 Å². The van der Waals surface area contributed by atoms with Crippen molar-refractivity contribution in [2.24, 2.45) is 0 Å². The maximum atomic E-state index is 9.47. The highest BCUT2D eigenvalue weighted by Crippen LogP contribution is 2.15. The molecule has 3 nitrogen and oxygen atoms in total. The Bertz CT molecular complexity index is 438. The van der Waals surface area contributed by atoms with E-state index >= 15 is 0 Å². The summed E-state index contributed by atoms with van der Waals surface area (Å²) in [4.78, 5) is 4.16. The number of aliphatic hydroxyl groups excluding tert-OH is 1. The largest absolute Gasteiger partial charge is 0.472 e. The van der Waals surface area contributed by atoms with Crippen LogP contribution in [0.1, 0.15) is 122 Å². The molecule has 1 aromatic heterocycles. The second-order valence-electron chi connectivity index (χ2n) is 8.54. The Labute approximate surface area is 180 Å². The molecule has 0 bridgehead atoms. The molecule has 3 heteroatoms. The molecule has 0 aromatic carbocycles. The van der Waals surface area contributed by atoms with Gasteiger partial charge < -0.3 is 9.84 Å². The number of pyridine rings is 1. The van der Waals surface area contributed by atoms with Crippen molar-refractivity contribution in [3.63, 3.8) is 0 Å². The first kappa shape index (κ1) is 25.9. The molecule has 1 aromatic rings. The van der Waals surface area contributed by atoms with Crippen molar-refractivity contribution in [1.29, 1.82) is 0 Å². The SMILES string of the molecule is CCCCCCCCCCCCCCCCCCC[C@@H](CO)Oc1ccccn1. The molecule has 0 unspecified atom stereocenters. The van der Waals surface area contributed by atoms with Crippen molar-refractivity contribution in [3.8, 4) is 5.88 Å². The topological polar surface area (TPSA) is 42.4 Å². The zero-order valence-corrected chi connectivity index (χ0v) is 19.1. The number of nitrogens with zero attached hydrogens (tertiary/aromatic N) is 1. The van der Waals surface area contributed by atoms with Gasteiger partial charge >= 0.3 is 0 Å². The van der Waals surface area contributed by atoms with Crippen LogP contribution in [0.15, 0.2) is 24.4 Å². The number of aromatic nitrogens is 1. The molecule has 0 saturated carbocycles. The van der Waals surface area contributed by atoms with Gasteiger partial charge in [-0.1, -0.05) is 116 Å². The van der Waals surface area contributed by atoms with Gasteiger partial charge in [-0.3, -0.25) is 0 Å². The highest BCUT2D eigenvalue weighted by Gasteiger charge is 2.09. The molecule has 0 aliphatic rings. The third kappa shape index (κ3) is 16.4. The van der Waals surface area contributed by atoms with Crippen LogP contribution in [0.2, 0.25) is 0 Å². The van der Waals surface area contributed by atoms with Crippen LogP contribution in [-0.4, -0.2) is 22.8 Å². The van der Waals surface area contributed by atoms with Gasteiger partial charge in [0.1, 0.15) is 6.10 Å². The predicted octanol–water partition coefficient (Wildman–Crippen LogP) is 7.86. The molecule has 1 atom stereocenters. The molecule has 0 aliphatic heterocycles. The minimum absolute atomic E-state index is 0.0649. The zero-order valence-electron chi connectivity index (χ0n) is 19.1. The van der Waals surface area contributed by atoms with Crippen LogP contribution < -0.4 is 4.74 Å². The van der Waals surface area contributed by atoms with E-state index in [2.05, 4.69) is 11.9 Å². The summed E-state index contributed by atoms with van der Waals surface area (Å²) in [5, 5.41) is 9.47. The summed E-state index contributed by atoms with van der Waals surface area (Å²) in [6.07, 6.45) is 26.1. The smallest absolute Gasteiger partial charge is 0.213 e. The average Bonchev–Trinajstić information content (AvgIpc) is 2.75. The molecule has 0 spiro atoms. The summed E-state index contributed by atoms with van der Waals surface area (Å²) < 4.78 is 5.73. The van der Waals surface area contributed by atoms with Crippen molar-refractivity contribution in [2.45, 2.75) is 129 Å². The Morgan fingerprint density at radius 2 is 1.21 bits per heavy atom. The molecular weight excluding hydrogens is 358 g/mol. The molecular formula is C26H47NO2. The maximum absolute atomic E-state index is 9.47. The average molecular weight is 406 g/mol. The summed E-state index contributed by atoms with van der Waals surface area (Å²) in [5.74, 6) is 0.610. The number of rotatable bonds is 21. The molecule has 168 valence electrons. The van der Waals surface area contributed by atoms with Gasteiger partial charge in [0, 0.05) is 12.3 Å². The first-order valence-corrected chi connectivity index (χ1v) is 12.6. The van der Waals surface area contributed by atoms with Gasteiger partial charge in [0.15, 0.2) is 0 Å². The van der Waals surface area contributed by atoms with Crippen LogP contribution >= 0.6 is 0 Å². The van der Waals surface area contributed by atoms with Crippen molar-refractivity contribution < 1.29 is 9.84 Å². The van der Waals surface area contributed by atoms with Crippen LogP contribution in [0.25, 0.3) is 0 Å². The lowest BCUT2D eigenvalue weighted by Crippen LogP contribution is -2.21. The number of unbranched alkanes of at least 4 members (excludes halogenated alkanes) is 16. The molecule has 1 rings (SSSR count). The van der Waals surface area contributed by atoms with E-state index in [1.54, 1.807) is 6.20 Å². The van der Waals surface area contributed by atoms with Crippen LogP contribution in [0.3, 0.4) is 0 Å². The lowest BCUT2D eigenvalue weighted by molar-refractivity contribution is 0.102. The van der Waals surface area contributed by atoms with Gasteiger partial charge in [-0.15, -0.1) is 0 Å². The predicted molar refractivity (Wildman–Crippen MR) is 125 cm³/mol. The Morgan fingerprint density at radius 1 is 0.724 bits per heavy atom. The third-order valence-corrected chi connectivity index (χ3v) is 5.76. The van der Waals surface area contributed by atoms with E-state index in [4.69, 9.17) is 4.74 Å².